The molecule has 24 heavy (non-hydrogen) atoms. The largest absolute Gasteiger partial charge is 0.479 e. The fraction of sp³-hybridized carbons (Fsp3) is 0.357. The number of hydrogen-bond acceptors (Lipinski definition) is 7. The molecule has 0 spiro atoms. The second-order valence-electron chi connectivity index (χ2n) is 4.89. The highest BCUT2D eigenvalue weighted by Crippen LogP contribution is 2.22. The second kappa shape index (κ2) is 9.31. The Morgan fingerprint density at radius 1 is 1.46 bits per heavy atom. The number of carboxylic acids is 1. The number of rotatable bonds is 6. The van der Waals surface area contributed by atoms with Crippen LogP contribution in [-0.4, -0.2) is 59.7 Å². The van der Waals surface area contributed by atoms with Gasteiger partial charge in [-0.2, -0.15) is 0 Å². The van der Waals surface area contributed by atoms with Crippen LogP contribution in [-0.2, 0) is 19.1 Å². The lowest BCUT2D eigenvalue weighted by atomic mass is 9.77. The minimum Gasteiger partial charge on any atom is -0.479 e. The van der Waals surface area contributed by atoms with Gasteiger partial charge in [0.1, 0.15) is 0 Å². The monoisotopic (exact) mass is 352 g/mol. The topological polar surface area (TPSA) is 117 Å². The average Bonchev–Trinajstić information content (AvgIpc) is 2.77. The number of nitrogens with one attached hydrogen (secondary N) is 1. The molecule has 1 amide bonds. The SMILES string of the molecule is O=C(O)CO/N=C(\C(=O)NC1CC=CCOB1O)C1=CC=CCS1. The molecule has 0 aromatic heterocycles. The van der Waals surface area contributed by atoms with Crippen molar-refractivity contribution in [1.29, 1.82) is 0 Å². The number of aliphatic carboxylic acids is 1. The smallest absolute Gasteiger partial charge is 0.478 e. The fourth-order valence-electron chi connectivity index (χ4n) is 1.96. The Morgan fingerprint density at radius 2 is 2.29 bits per heavy atom. The van der Waals surface area contributed by atoms with Crippen LogP contribution in [0.25, 0.3) is 0 Å². The van der Waals surface area contributed by atoms with Gasteiger partial charge in [0.15, 0.2) is 5.71 Å². The van der Waals surface area contributed by atoms with Crippen molar-refractivity contribution in [2.75, 3.05) is 19.0 Å². The third-order valence-electron chi connectivity index (χ3n) is 3.09. The van der Waals surface area contributed by atoms with Crippen LogP contribution in [0.1, 0.15) is 6.42 Å². The Morgan fingerprint density at radius 3 is 3.00 bits per heavy atom. The highest BCUT2D eigenvalue weighted by molar-refractivity contribution is 8.04. The molecule has 0 bridgehead atoms. The van der Waals surface area contributed by atoms with E-state index in [4.69, 9.17) is 14.6 Å². The molecule has 1 atom stereocenters. The lowest BCUT2D eigenvalue weighted by Gasteiger charge is -2.19. The summed E-state index contributed by atoms with van der Waals surface area (Å²) in [4.78, 5) is 28.3. The van der Waals surface area contributed by atoms with E-state index in [1.165, 1.54) is 11.8 Å². The third kappa shape index (κ3) is 5.55. The van der Waals surface area contributed by atoms with Crippen LogP contribution >= 0.6 is 11.8 Å². The Hall–Kier alpha value is -2.04. The fourth-order valence-corrected chi connectivity index (χ4v) is 2.79. The molecule has 0 aromatic rings. The number of nitrogens with zero attached hydrogens (tertiary/aromatic N) is 1. The average molecular weight is 352 g/mol. The zero-order valence-corrected chi connectivity index (χ0v) is 13.6. The van der Waals surface area contributed by atoms with Gasteiger partial charge < -0.3 is 24.9 Å². The molecule has 0 aliphatic carbocycles. The van der Waals surface area contributed by atoms with Gasteiger partial charge in [-0.15, -0.1) is 11.8 Å². The van der Waals surface area contributed by atoms with E-state index < -0.39 is 31.5 Å². The van der Waals surface area contributed by atoms with Crippen molar-refractivity contribution in [2.45, 2.75) is 12.4 Å². The van der Waals surface area contributed by atoms with Crippen molar-refractivity contribution < 1.29 is 29.2 Å². The molecule has 2 rings (SSSR count). The Balaban J connectivity index is 2.11. The number of hydrogen-bond donors (Lipinski definition) is 3. The van der Waals surface area contributed by atoms with E-state index in [0.717, 1.165) is 0 Å². The number of carboxylic acid groups (broad SMARTS) is 1. The van der Waals surface area contributed by atoms with Crippen LogP contribution in [0.2, 0.25) is 0 Å². The summed E-state index contributed by atoms with van der Waals surface area (Å²) < 4.78 is 5.13. The zero-order valence-electron chi connectivity index (χ0n) is 12.8. The van der Waals surface area contributed by atoms with Crippen LogP contribution < -0.4 is 5.32 Å². The molecule has 0 radical (unpaired) electrons. The molecule has 0 saturated carbocycles. The van der Waals surface area contributed by atoms with E-state index in [1.54, 1.807) is 24.3 Å². The summed E-state index contributed by atoms with van der Waals surface area (Å²) in [6, 6.07) is 0. The molecule has 1 unspecified atom stereocenters. The van der Waals surface area contributed by atoms with Gasteiger partial charge in [0.2, 0.25) is 6.61 Å². The van der Waals surface area contributed by atoms with E-state index >= 15 is 0 Å². The number of carbonyl (C=O) groups excluding carboxylic acids is 1. The number of oxime groups is 1. The lowest BCUT2D eigenvalue weighted by Crippen LogP contribution is -2.49. The highest BCUT2D eigenvalue weighted by atomic mass is 32.2. The molecule has 128 valence electrons. The predicted octanol–water partition coefficient (Wildman–Crippen LogP) is 0.112. The maximum absolute atomic E-state index is 12.5. The summed E-state index contributed by atoms with van der Waals surface area (Å²) in [6.07, 6.45) is 9.34. The van der Waals surface area contributed by atoms with Crippen molar-refractivity contribution in [3.63, 3.8) is 0 Å². The van der Waals surface area contributed by atoms with E-state index in [0.29, 0.717) is 17.1 Å². The van der Waals surface area contributed by atoms with Crippen LogP contribution in [0.15, 0.2) is 40.4 Å². The van der Waals surface area contributed by atoms with Crippen molar-refractivity contribution in [2.24, 2.45) is 5.16 Å². The van der Waals surface area contributed by atoms with Crippen molar-refractivity contribution in [3.05, 3.63) is 35.3 Å². The summed E-state index contributed by atoms with van der Waals surface area (Å²) >= 11 is 1.37. The molecule has 10 heteroatoms. The van der Waals surface area contributed by atoms with E-state index in [9.17, 15) is 14.6 Å². The van der Waals surface area contributed by atoms with Gasteiger partial charge in [0, 0.05) is 17.3 Å². The second-order valence-corrected chi connectivity index (χ2v) is 5.95. The Labute approximate surface area is 143 Å². The molecular weight excluding hydrogens is 335 g/mol. The molecule has 8 nitrogen and oxygen atoms in total. The molecule has 0 fully saturated rings. The lowest BCUT2D eigenvalue weighted by molar-refractivity contribution is -0.142. The first-order valence-corrected chi connectivity index (χ1v) is 8.23. The maximum atomic E-state index is 12.5. The first-order valence-electron chi connectivity index (χ1n) is 7.25. The summed E-state index contributed by atoms with van der Waals surface area (Å²) in [5.74, 6) is -1.74. The molecule has 2 aliphatic heterocycles. The number of allylic oxidation sites excluding steroid dienone is 2. The van der Waals surface area contributed by atoms with Crippen molar-refractivity contribution in [1.82, 2.24) is 5.32 Å². The predicted molar refractivity (Wildman–Crippen MR) is 90.3 cm³/mol. The van der Waals surface area contributed by atoms with Gasteiger partial charge in [-0.3, -0.25) is 4.79 Å². The molecule has 0 saturated heterocycles. The highest BCUT2D eigenvalue weighted by Gasteiger charge is 2.31. The van der Waals surface area contributed by atoms with Crippen molar-refractivity contribution >= 4 is 36.5 Å². The summed E-state index contributed by atoms with van der Waals surface area (Å²) in [6.45, 7) is -0.384. The Kier molecular flexibility index (Phi) is 7.10. The van der Waals surface area contributed by atoms with Gasteiger partial charge in [0.05, 0.1) is 5.94 Å². The van der Waals surface area contributed by atoms with E-state index in [1.807, 2.05) is 6.08 Å². The molecule has 3 N–H and O–H groups in total. The van der Waals surface area contributed by atoms with Crippen LogP contribution in [0.5, 0.6) is 0 Å². The summed E-state index contributed by atoms with van der Waals surface area (Å²) in [5.41, 5.74) is -0.0361. The number of amides is 1. The van der Waals surface area contributed by atoms with E-state index in [-0.39, 0.29) is 12.3 Å². The van der Waals surface area contributed by atoms with Gasteiger partial charge in [0.25, 0.3) is 5.91 Å². The van der Waals surface area contributed by atoms with Crippen molar-refractivity contribution in [3.8, 4) is 0 Å². The quantitative estimate of drug-likeness (QED) is 0.269. The van der Waals surface area contributed by atoms with Gasteiger partial charge in [-0.05, 0) is 12.5 Å². The first-order chi connectivity index (χ1) is 11.6. The normalized spacial score (nSPS) is 21.0. The van der Waals surface area contributed by atoms with Gasteiger partial charge in [-0.25, -0.2) is 4.79 Å². The molecular formula is C14H17BN2O6S. The minimum atomic E-state index is -1.19. The number of thioether (sulfide) groups is 1. The minimum absolute atomic E-state index is 0.0361. The van der Waals surface area contributed by atoms with Gasteiger partial charge >= 0.3 is 13.1 Å². The number of carbonyl (C=O) groups is 2. The summed E-state index contributed by atoms with van der Waals surface area (Å²) in [5, 5.41) is 24.8. The maximum Gasteiger partial charge on any atom is 0.478 e. The van der Waals surface area contributed by atoms with Crippen LogP contribution in [0.4, 0.5) is 0 Å². The third-order valence-corrected chi connectivity index (χ3v) is 4.09. The van der Waals surface area contributed by atoms with Gasteiger partial charge in [-0.1, -0.05) is 29.5 Å². The van der Waals surface area contributed by atoms with Crippen LogP contribution in [0.3, 0.4) is 0 Å². The first kappa shape index (κ1) is 18.3. The summed E-state index contributed by atoms with van der Waals surface area (Å²) in [7, 11) is -1.14. The molecule has 0 aromatic carbocycles. The Bertz CT molecular complexity index is 604. The zero-order chi connectivity index (χ0) is 17.4. The van der Waals surface area contributed by atoms with Crippen LogP contribution in [0, 0.1) is 0 Å². The van der Waals surface area contributed by atoms with E-state index in [2.05, 4.69) is 10.5 Å². The standard InChI is InChI=1S/C14H17BN2O6S/c18-12(19)9-23-17-13(10-5-2-4-8-24-10)14(20)16-11-6-1-3-7-22-15(11)21/h1-5,11,21H,6-9H2,(H,16,20)(H,18,19)/b17-13-. The molecule has 2 aliphatic rings. The molecule has 2 heterocycles.